The van der Waals surface area contributed by atoms with Gasteiger partial charge < -0.3 is 4.74 Å². The van der Waals surface area contributed by atoms with Crippen molar-refractivity contribution in [1.82, 2.24) is 0 Å². The Morgan fingerprint density at radius 3 is 2.30 bits per heavy atom. The van der Waals surface area contributed by atoms with E-state index in [0.29, 0.717) is 11.8 Å². The minimum atomic E-state index is 0.568. The molecular weight excluding hydrogens is 348 g/mol. The smallest absolute Gasteiger partial charge is 0.119 e. The Balaban J connectivity index is 1.48. The fourth-order valence-corrected chi connectivity index (χ4v) is 6.22. The van der Waals surface area contributed by atoms with Crippen LogP contribution in [0.3, 0.4) is 0 Å². The number of thioether (sulfide) groups is 1. The molecule has 0 amide bonds. The third kappa shape index (κ3) is 2.69. The van der Waals surface area contributed by atoms with Crippen LogP contribution >= 0.6 is 11.8 Å². The molecular formula is C25H24OS. The van der Waals surface area contributed by atoms with Crippen molar-refractivity contribution in [2.75, 3.05) is 12.4 Å². The number of allylic oxidation sites excluding steroid dienone is 3. The minimum absolute atomic E-state index is 0.568. The van der Waals surface area contributed by atoms with Crippen LogP contribution in [0.2, 0.25) is 0 Å². The summed E-state index contributed by atoms with van der Waals surface area (Å²) < 4.78 is 6.23. The summed E-state index contributed by atoms with van der Waals surface area (Å²) in [5, 5.41) is 0. The van der Waals surface area contributed by atoms with E-state index < -0.39 is 0 Å². The lowest BCUT2D eigenvalue weighted by molar-refractivity contribution is 0.239. The Hall–Kier alpha value is -1.93. The summed E-state index contributed by atoms with van der Waals surface area (Å²) in [6, 6.07) is 14.0. The zero-order valence-electron chi connectivity index (χ0n) is 15.5. The van der Waals surface area contributed by atoms with Crippen molar-refractivity contribution in [3.05, 3.63) is 76.4 Å². The molecule has 4 bridgehead atoms. The number of hydrogen-bond donors (Lipinski definition) is 0. The number of fused-ring (bicyclic) bond motifs is 3. The standard InChI is InChI=1S/C25H24OS/c1-2-17-6-9-22-23-10-7-18-5-8-21(12-25(18)23)26-13-19-3-4-20(19)15-27-14-16(1)11-24(17)22/h1-5,8,11-12,19-20H,6-7,9-10,13-15H2/b23-22-/t19-,20-/m1/s1. The van der Waals surface area contributed by atoms with E-state index in [1.165, 1.54) is 53.7 Å². The maximum Gasteiger partial charge on any atom is 0.119 e. The number of ether oxygens (including phenoxy) is 1. The first-order chi connectivity index (χ1) is 13.3. The molecule has 6 rings (SSSR count). The first-order valence-corrected chi connectivity index (χ1v) is 11.4. The second-order valence-electron chi connectivity index (χ2n) is 8.31. The number of hydrogen-bond acceptors (Lipinski definition) is 2. The highest BCUT2D eigenvalue weighted by molar-refractivity contribution is 7.98. The molecule has 2 heteroatoms. The van der Waals surface area contributed by atoms with E-state index in [1.807, 2.05) is 0 Å². The van der Waals surface area contributed by atoms with Crippen LogP contribution in [0.4, 0.5) is 0 Å². The summed E-state index contributed by atoms with van der Waals surface area (Å²) in [4.78, 5) is 0. The molecule has 2 aromatic rings. The molecule has 0 aromatic heterocycles. The molecule has 1 nitrogen and oxygen atoms in total. The zero-order chi connectivity index (χ0) is 17.8. The van der Waals surface area contributed by atoms with E-state index in [1.54, 1.807) is 16.7 Å². The van der Waals surface area contributed by atoms with Gasteiger partial charge in [0.15, 0.2) is 0 Å². The van der Waals surface area contributed by atoms with E-state index >= 15 is 0 Å². The van der Waals surface area contributed by atoms with Gasteiger partial charge in [-0.3, -0.25) is 0 Å². The van der Waals surface area contributed by atoms with Crippen LogP contribution in [0, 0.1) is 11.8 Å². The minimum Gasteiger partial charge on any atom is -0.493 e. The molecule has 0 N–H and O–H groups in total. The number of benzene rings is 2. The van der Waals surface area contributed by atoms with E-state index in [-0.39, 0.29) is 0 Å². The van der Waals surface area contributed by atoms with Gasteiger partial charge in [-0.2, -0.15) is 11.8 Å². The molecule has 1 heterocycles. The monoisotopic (exact) mass is 372 g/mol. The van der Waals surface area contributed by atoms with Crippen molar-refractivity contribution >= 4 is 22.9 Å². The average Bonchev–Trinajstić information content (AvgIpc) is 3.26. The second-order valence-corrected chi connectivity index (χ2v) is 9.34. The fourth-order valence-electron chi connectivity index (χ4n) is 5.06. The van der Waals surface area contributed by atoms with Gasteiger partial charge in [-0.15, -0.1) is 0 Å². The van der Waals surface area contributed by atoms with Crippen LogP contribution in [-0.2, 0) is 18.6 Å². The Morgan fingerprint density at radius 1 is 0.778 bits per heavy atom. The molecule has 0 radical (unpaired) electrons. The summed E-state index contributed by atoms with van der Waals surface area (Å²) in [6.07, 6.45) is 9.43. The van der Waals surface area contributed by atoms with E-state index in [4.69, 9.17) is 4.74 Å². The Kier molecular flexibility index (Phi) is 3.75. The molecule has 3 aliphatic carbocycles. The van der Waals surface area contributed by atoms with E-state index in [9.17, 15) is 0 Å². The molecule has 0 fully saturated rings. The van der Waals surface area contributed by atoms with Gasteiger partial charge in [0.1, 0.15) is 5.75 Å². The van der Waals surface area contributed by atoms with Gasteiger partial charge in [-0.25, -0.2) is 0 Å². The largest absolute Gasteiger partial charge is 0.493 e. The van der Waals surface area contributed by atoms with Crippen molar-refractivity contribution in [1.29, 1.82) is 0 Å². The third-order valence-electron chi connectivity index (χ3n) is 6.74. The second kappa shape index (κ2) is 6.31. The Labute approximate surface area is 165 Å². The van der Waals surface area contributed by atoms with Crippen LogP contribution in [0.15, 0.2) is 48.6 Å². The lowest BCUT2D eigenvalue weighted by atomic mass is 9.84. The maximum atomic E-state index is 6.23. The predicted octanol–water partition coefficient (Wildman–Crippen LogP) is 5.92. The Morgan fingerprint density at radius 2 is 1.52 bits per heavy atom. The van der Waals surface area contributed by atoms with Crippen LogP contribution < -0.4 is 4.74 Å². The van der Waals surface area contributed by atoms with Crippen molar-refractivity contribution < 1.29 is 4.74 Å². The fraction of sp³-hybridized carbons (Fsp3) is 0.360. The first-order valence-electron chi connectivity index (χ1n) is 10.2. The number of rotatable bonds is 0. The highest BCUT2D eigenvalue weighted by atomic mass is 32.2. The molecule has 0 unspecified atom stereocenters. The molecule has 0 spiro atoms. The van der Waals surface area contributed by atoms with Crippen LogP contribution in [0.5, 0.6) is 5.75 Å². The molecule has 2 aromatic carbocycles. The average molecular weight is 373 g/mol. The normalized spacial score (nSPS) is 28.0. The first kappa shape index (κ1) is 16.1. The van der Waals surface area contributed by atoms with E-state index in [2.05, 4.69) is 60.3 Å². The topological polar surface area (TPSA) is 9.23 Å². The number of aryl methyl sites for hydroxylation is 2. The summed E-state index contributed by atoms with van der Waals surface area (Å²) >= 11 is 2.07. The molecule has 0 saturated carbocycles. The third-order valence-corrected chi connectivity index (χ3v) is 7.89. The lowest BCUT2D eigenvalue weighted by Gasteiger charge is -2.29. The van der Waals surface area contributed by atoms with Gasteiger partial charge >= 0.3 is 0 Å². The van der Waals surface area contributed by atoms with Crippen LogP contribution in [0.25, 0.3) is 11.1 Å². The highest BCUT2D eigenvalue weighted by Crippen LogP contribution is 2.45. The van der Waals surface area contributed by atoms with Gasteiger partial charge in [0.2, 0.25) is 0 Å². The maximum absolute atomic E-state index is 6.23. The predicted molar refractivity (Wildman–Crippen MR) is 114 cm³/mol. The molecule has 1 aliphatic heterocycles. The summed E-state index contributed by atoms with van der Waals surface area (Å²) in [6.45, 7) is 0.810. The molecule has 136 valence electrons. The van der Waals surface area contributed by atoms with Crippen molar-refractivity contribution in [2.24, 2.45) is 11.8 Å². The lowest BCUT2D eigenvalue weighted by Crippen LogP contribution is -2.26. The SMILES string of the molecule is C1=C[C@@H]2CSCc3ccc4c(c3)/C(=C3/CCc5ccc(cc53)OC[C@@H]12)CC4. The quantitative estimate of drug-likeness (QED) is 0.531. The van der Waals surface area contributed by atoms with E-state index in [0.717, 1.165) is 18.1 Å². The van der Waals surface area contributed by atoms with Gasteiger partial charge in [-0.1, -0.05) is 36.4 Å². The van der Waals surface area contributed by atoms with Gasteiger partial charge in [-0.05, 0) is 82.7 Å². The zero-order valence-corrected chi connectivity index (χ0v) is 16.4. The van der Waals surface area contributed by atoms with Crippen LogP contribution in [-0.4, -0.2) is 12.4 Å². The summed E-state index contributed by atoms with van der Waals surface area (Å²) in [5.74, 6) is 4.58. The highest BCUT2D eigenvalue weighted by Gasteiger charge is 2.28. The molecule has 0 saturated heterocycles. The Bertz CT molecular complexity index is 984. The summed E-state index contributed by atoms with van der Waals surface area (Å²) in [5.41, 5.74) is 10.7. The van der Waals surface area contributed by atoms with Gasteiger partial charge in [0.25, 0.3) is 0 Å². The van der Waals surface area contributed by atoms with Gasteiger partial charge in [0, 0.05) is 17.4 Å². The van der Waals surface area contributed by atoms with Gasteiger partial charge in [0.05, 0.1) is 6.61 Å². The molecule has 4 aliphatic rings. The molecule has 27 heavy (non-hydrogen) atoms. The van der Waals surface area contributed by atoms with Crippen molar-refractivity contribution in [2.45, 2.75) is 31.4 Å². The van der Waals surface area contributed by atoms with Crippen molar-refractivity contribution in [3.63, 3.8) is 0 Å². The van der Waals surface area contributed by atoms with Crippen molar-refractivity contribution in [3.8, 4) is 5.75 Å². The summed E-state index contributed by atoms with van der Waals surface area (Å²) in [7, 11) is 0. The molecule has 2 atom stereocenters. The van der Waals surface area contributed by atoms with Crippen LogP contribution in [0.1, 0.15) is 40.7 Å².